The van der Waals surface area contributed by atoms with Crippen molar-refractivity contribution < 1.29 is 0 Å². The molecule has 1 N–H and O–H groups in total. The zero-order valence-electron chi connectivity index (χ0n) is 14.9. The normalized spacial score (nSPS) is 15.6. The lowest BCUT2D eigenvalue weighted by atomic mass is 10.1. The van der Waals surface area contributed by atoms with E-state index in [2.05, 4.69) is 25.4 Å². The van der Waals surface area contributed by atoms with Gasteiger partial charge >= 0.3 is 0 Å². The molecule has 0 spiro atoms. The van der Waals surface area contributed by atoms with Gasteiger partial charge in [-0.25, -0.2) is 4.98 Å². The van der Waals surface area contributed by atoms with Crippen LogP contribution in [0, 0.1) is 0 Å². The lowest BCUT2D eigenvalue weighted by Crippen LogP contribution is -2.32. The van der Waals surface area contributed by atoms with Crippen molar-refractivity contribution in [2.45, 2.75) is 39.2 Å². The molecule has 4 heterocycles. The summed E-state index contributed by atoms with van der Waals surface area (Å²) in [6.07, 6.45) is 8.45. The summed E-state index contributed by atoms with van der Waals surface area (Å²) in [5, 5.41) is 12.6. The van der Waals surface area contributed by atoms with E-state index in [4.69, 9.17) is 0 Å². The van der Waals surface area contributed by atoms with Gasteiger partial charge in [0.25, 0.3) is 5.56 Å². The molecule has 0 atom stereocenters. The van der Waals surface area contributed by atoms with Crippen LogP contribution in [0.15, 0.2) is 23.3 Å². The molecule has 0 unspecified atom stereocenters. The van der Waals surface area contributed by atoms with Gasteiger partial charge in [-0.15, -0.1) is 5.10 Å². The number of aryl methyl sites for hydroxylation is 1. The Balaban J connectivity index is 1.42. The van der Waals surface area contributed by atoms with Crippen molar-refractivity contribution in [3.8, 4) is 0 Å². The van der Waals surface area contributed by atoms with Crippen LogP contribution in [-0.2, 0) is 13.0 Å². The number of rotatable bonds is 6. The number of likely N-dealkylation sites (tertiary alicyclic amines) is 1. The van der Waals surface area contributed by atoms with Gasteiger partial charge in [0.1, 0.15) is 0 Å². The van der Waals surface area contributed by atoms with Crippen LogP contribution in [0.3, 0.4) is 0 Å². The fourth-order valence-electron chi connectivity index (χ4n) is 3.19. The van der Waals surface area contributed by atoms with E-state index in [0.717, 1.165) is 30.9 Å². The van der Waals surface area contributed by atoms with Crippen molar-refractivity contribution >= 4 is 27.1 Å². The Hall–Kier alpha value is -2.26. The number of aromatic nitrogens is 5. The molecule has 9 heteroatoms. The van der Waals surface area contributed by atoms with Gasteiger partial charge in [-0.2, -0.15) is 9.61 Å². The van der Waals surface area contributed by atoms with Crippen LogP contribution in [0.2, 0.25) is 0 Å². The molecule has 8 nitrogen and oxygen atoms in total. The summed E-state index contributed by atoms with van der Waals surface area (Å²) in [5.74, 6) is 0. The number of fused-ring (bicyclic) bond motifs is 1. The van der Waals surface area contributed by atoms with E-state index in [0.29, 0.717) is 10.1 Å². The number of hydrogen-bond donors (Lipinski definition) is 1. The lowest BCUT2D eigenvalue weighted by molar-refractivity contribution is 0.218. The lowest BCUT2D eigenvalue weighted by Gasteiger charge is -2.26. The quantitative estimate of drug-likeness (QED) is 0.713. The van der Waals surface area contributed by atoms with Crippen molar-refractivity contribution in [1.82, 2.24) is 29.3 Å². The molecule has 0 bridgehead atoms. The van der Waals surface area contributed by atoms with Crippen LogP contribution in [-0.4, -0.2) is 48.9 Å². The van der Waals surface area contributed by atoms with E-state index in [9.17, 15) is 4.79 Å². The summed E-state index contributed by atoms with van der Waals surface area (Å²) in [6.45, 7) is 6.28. The number of anilines is 2. The maximum absolute atomic E-state index is 12.1. The van der Waals surface area contributed by atoms with Gasteiger partial charge in [-0.05, 0) is 32.4 Å². The van der Waals surface area contributed by atoms with E-state index in [-0.39, 0.29) is 5.56 Å². The highest BCUT2D eigenvalue weighted by Crippen LogP contribution is 2.21. The van der Waals surface area contributed by atoms with Crippen LogP contribution in [0.1, 0.15) is 31.9 Å². The average Bonchev–Trinajstić information content (AvgIpc) is 3.27. The van der Waals surface area contributed by atoms with E-state index in [1.165, 1.54) is 54.3 Å². The average molecular weight is 373 g/mol. The molecule has 26 heavy (non-hydrogen) atoms. The second-order valence-electron chi connectivity index (χ2n) is 6.56. The highest BCUT2D eigenvalue weighted by Gasteiger charge is 2.11. The summed E-state index contributed by atoms with van der Waals surface area (Å²) < 4.78 is 3.29. The molecule has 138 valence electrons. The second kappa shape index (κ2) is 7.55. The topological polar surface area (TPSA) is 80.3 Å². The molecule has 0 aliphatic carbocycles. The summed E-state index contributed by atoms with van der Waals surface area (Å²) >= 11 is 1.37. The predicted octanol–water partition coefficient (Wildman–Crippen LogP) is 2.14. The van der Waals surface area contributed by atoms with Gasteiger partial charge in [0.15, 0.2) is 0 Å². The van der Waals surface area contributed by atoms with Crippen molar-refractivity contribution in [3.05, 3.63) is 34.5 Å². The molecule has 1 aliphatic rings. The third kappa shape index (κ3) is 3.78. The Kier molecular flexibility index (Phi) is 4.98. The van der Waals surface area contributed by atoms with E-state index in [1.807, 2.05) is 17.8 Å². The number of nitrogens with zero attached hydrogens (tertiary/aromatic N) is 6. The molecule has 0 amide bonds. The van der Waals surface area contributed by atoms with Crippen molar-refractivity contribution in [3.63, 3.8) is 0 Å². The minimum Gasteiger partial charge on any atom is -0.327 e. The second-order valence-corrected chi connectivity index (χ2v) is 7.52. The molecule has 1 saturated heterocycles. The maximum Gasteiger partial charge on any atom is 0.275 e. The van der Waals surface area contributed by atoms with Crippen molar-refractivity contribution in [2.75, 3.05) is 25.0 Å². The molecular formula is C17H23N7OS. The summed E-state index contributed by atoms with van der Waals surface area (Å²) in [7, 11) is 0. The van der Waals surface area contributed by atoms with Crippen molar-refractivity contribution in [2.24, 2.45) is 0 Å². The largest absolute Gasteiger partial charge is 0.327 e. The zero-order chi connectivity index (χ0) is 17.9. The molecular weight excluding hydrogens is 350 g/mol. The Morgan fingerprint density at radius 2 is 2.08 bits per heavy atom. The Morgan fingerprint density at radius 1 is 1.23 bits per heavy atom. The monoisotopic (exact) mass is 373 g/mol. The number of nitrogens with one attached hydrogen (secondary N) is 1. The van der Waals surface area contributed by atoms with Gasteiger partial charge in [0, 0.05) is 24.5 Å². The Labute approximate surface area is 155 Å². The SMILES string of the molecule is CCc1cc(=O)n2nc(Nc3cnn(CCN4CCCCC4)c3)sc2n1. The summed E-state index contributed by atoms with van der Waals surface area (Å²) in [6, 6.07) is 1.54. The Bertz CT molecular complexity index is 938. The van der Waals surface area contributed by atoms with Crippen LogP contribution >= 0.6 is 11.3 Å². The van der Waals surface area contributed by atoms with E-state index in [1.54, 1.807) is 6.20 Å². The standard InChI is InChI=1S/C17H23N7OS/c1-2-13-10-15(25)24-17(20-13)26-16(21-24)19-14-11-18-23(12-14)9-8-22-6-4-3-5-7-22/h10-12H,2-9H2,1H3,(H,19,21). The van der Waals surface area contributed by atoms with Gasteiger partial charge < -0.3 is 10.2 Å². The molecule has 3 aromatic rings. The maximum atomic E-state index is 12.1. The first-order valence-electron chi connectivity index (χ1n) is 9.13. The van der Waals surface area contributed by atoms with Crippen LogP contribution in [0.25, 0.3) is 4.96 Å². The fraction of sp³-hybridized carbons (Fsp3) is 0.529. The first-order valence-corrected chi connectivity index (χ1v) is 9.94. The Morgan fingerprint density at radius 3 is 2.88 bits per heavy atom. The molecule has 3 aromatic heterocycles. The third-order valence-electron chi connectivity index (χ3n) is 4.64. The van der Waals surface area contributed by atoms with Gasteiger partial charge in [-0.3, -0.25) is 9.48 Å². The molecule has 1 aliphatic heterocycles. The molecule has 0 aromatic carbocycles. The van der Waals surface area contributed by atoms with Crippen molar-refractivity contribution in [1.29, 1.82) is 0 Å². The fourth-order valence-corrected chi connectivity index (χ4v) is 4.03. The first kappa shape index (κ1) is 17.2. The number of hydrogen-bond acceptors (Lipinski definition) is 7. The van der Waals surface area contributed by atoms with Crippen LogP contribution in [0.5, 0.6) is 0 Å². The van der Waals surface area contributed by atoms with E-state index >= 15 is 0 Å². The smallest absolute Gasteiger partial charge is 0.275 e. The van der Waals surface area contributed by atoms with Gasteiger partial charge in [-0.1, -0.05) is 24.7 Å². The molecule has 1 fully saturated rings. The predicted molar refractivity (Wildman–Crippen MR) is 102 cm³/mol. The van der Waals surface area contributed by atoms with Crippen LogP contribution in [0.4, 0.5) is 10.8 Å². The summed E-state index contributed by atoms with van der Waals surface area (Å²) in [4.78, 5) is 19.6. The van der Waals surface area contributed by atoms with Gasteiger partial charge in [0.05, 0.1) is 18.4 Å². The highest BCUT2D eigenvalue weighted by molar-refractivity contribution is 7.20. The number of piperidine rings is 1. The summed E-state index contributed by atoms with van der Waals surface area (Å²) in [5.41, 5.74) is 1.51. The van der Waals surface area contributed by atoms with Gasteiger partial charge in [0.2, 0.25) is 10.1 Å². The first-order chi connectivity index (χ1) is 12.7. The third-order valence-corrected chi connectivity index (χ3v) is 5.46. The molecule has 0 saturated carbocycles. The zero-order valence-corrected chi connectivity index (χ0v) is 15.7. The minimum atomic E-state index is -0.145. The minimum absolute atomic E-state index is 0.145. The molecule has 0 radical (unpaired) electrons. The van der Waals surface area contributed by atoms with Crippen LogP contribution < -0.4 is 10.9 Å². The van der Waals surface area contributed by atoms with E-state index < -0.39 is 0 Å². The highest BCUT2D eigenvalue weighted by atomic mass is 32.1. The molecule has 4 rings (SSSR count).